The Labute approximate surface area is 264 Å². The molecule has 0 spiro atoms. The maximum atomic E-state index is 13.0. The molecule has 1 atom stereocenters. The molecule has 0 bridgehead atoms. The molecule has 230 valence electrons. The molecule has 5 amide bonds. The van der Waals surface area contributed by atoms with Crippen LogP contribution in [0.25, 0.3) is 0 Å². The second-order valence-electron chi connectivity index (χ2n) is 11.4. The highest BCUT2D eigenvalue weighted by atomic mass is 16.5. The van der Waals surface area contributed by atoms with Crippen LogP contribution in [0.5, 0.6) is 11.5 Å². The number of fused-ring (bicyclic) bond motifs is 2. The lowest BCUT2D eigenvalue weighted by Gasteiger charge is -2.17. The van der Waals surface area contributed by atoms with Crippen LogP contribution in [-0.2, 0) is 11.2 Å². The average Bonchev–Trinajstić information content (AvgIpc) is 3.74. The molecule has 4 aromatic carbocycles. The molecule has 0 radical (unpaired) electrons. The molecule has 1 unspecified atom stereocenters. The molecular weight excluding hydrogens is 586 g/mol. The smallest absolute Gasteiger partial charge is 0.261 e. The van der Waals surface area contributed by atoms with Gasteiger partial charge >= 0.3 is 0 Å². The molecule has 0 saturated carbocycles. The van der Waals surface area contributed by atoms with Gasteiger partial charge in [-0.15, -0.1) is 0 Å². The molecule has 1 saturated heterocycles. The summed E-state index contributed by atoms with van der Waals surface area (Å²) in [5.74, 6) is -1.06. The van der Waals surface area contributed by atoms with Crippen molar-refractivity contribution >= 4 is 35.2 Å². The molecule has 3 aliphatic heterocycles. The lowest BCUT2D eigenvalue weighted by Crippen LogP contribution is -2.36. The monoisotopic (exact) mass is 615 g/mol. The topological polar surface area (TPSA) is 122 Å². The van der Waals surface area contributed by atoms with E-state index in [0.717, 1.165) is 18.4 Å². The van der Waals surface area contributed by atoms with Gasteiger partial charge in [-0.2, -0.15) is 0 Å². The van der Waals surface area contributed by atoms with Crippen molar-refractivity contribution in [1.29, 1.82) is 0 Å². The Morgan fingerprint density at radius 1 is 0.739 bits per heavy atom. The number of rotatable bonds is 9. The summed E-state index contributed by atoms with van der Waals surface area (Å²) in [5.41, 5.74) is 2.87. The zero-order valence-electron chi connectivity index (χ0n) is 24.7. The van der Waals surface area contributed by atoms with E-state index in [9.17, 15) is 24.0 Å². The van der Waals surface area contributed by atoms with Gasteiger partial charge in [0.05, 0.1) is 34.9 Å². The molecule has 46 heavy (non-hydrogen) atoms. The summed E-state index contributed by atoms with van der Waals surface area (Å²) in [7, 11) is 0. The van der Waals surface area contributed by atoms with Crippen LogP contribution < -0.4 is 10.1 Å². The lowest BCUT2D eigenvalue weighted by molar-refractivity contribution is 0.0474. The summed E-state index contributed by atoms with van der Waals surface area (Å²) >= 11 is 0. The number of carbonyl (C=O) groups excluding carboxylic acids is 5. The highest BCUT2D eigenvalue weighted by molar-refractivity contribution is 6.22. The number of nitrogens with one attached hydrogen (secondary N) is 1. The molecule has 3 aliphatic rings. The normalized spacial score (nSPS) is 17.0. The Kier molecular flexibility index (Phi) is 7.63. The van der Waals surface area contributed by atoms with E-state index in [-0.39, 0.29) is 53.6 Å². The van der Waals surface area contributed by atoms with Crippen LogP contribution in [0.4, 0.5) is 5.69 Å². The van der Waals surface area contributed by atoms with E-state index in [1.807, 2.05) is 30.3 Å². The standard InChI is InChI=1S/C36H29N3O7/c40-32(23-8-14-28-30(19-23)35(43)38(33(28)41)17-16-22-5-2-1-3-6-22)37-24-9-11-25(12-10-24)46-26-13-15-29-31(20-26)36(44)39(34(29)42)21-27-7-4-18-45-27/h1-3,5-6,8-15,19-20,27H,4,7,16-18,21H2,(H,37,40). The third-order valence-electron chi connectivity index (χ3n) is 8.40. The van der Waals surface area contributed by atoms with E-state index >= 15 is 0 Å². The van der Waals surface area contributed by atoms with Crippen molar-refractivity contribution < 1.29 is 33.4 Å². The molecule has 10 nitrogen and oxygen atoms in total. The summed E-state index contributed by atoms with van der Waals surface area (Å²) in [6.07, 6.45) is 2.14. The van der Waals surface area contributed by atoms with Gasteiger partial charge in [0.2, 0.25) is 0 Å². The Morgan fingerprint density at radius 3 is 2.13 bits per heavy atom. The number of ether oxygens (including phenoxy) is 2. The van der Waals surface area contributed by atoms with Gasteiger partial charge in [-0.05, 0) is 85.5 Å². The van der Waals surface area contributed by atoms with Gasteiger partial charge in [0.15, 0.2) is 0 Å². The number of nitrogens with zero attached hydrogens (tertiary/aromatic N) is 2. The van der Waals surface area contributed by atoms with Gasteiger partial charge in [0.1, 0.15) is 11.5 Å². The summed E-state index contributed by atoms with van der Waals surface area (Å²) in [4.78, 5) is 67.2. The molecule has 3 heterocycles. The first kappa shape index (κ1) is 29.1. The van der Waals surface area contributed by atoms with Gasteiger partial charge in [-0.25, -0.2) is 0 Å². The van der Waals surface area contributed by atoms with E-state index in [1.165, 1.54) is 28.0 Å². The molecule has 0 aliphatic carbocycles. The van der Waals surface area contributed by atoms with Gasteiger partial charge in [-0.3, -0.25) is 33.8 Å². The number of hydrogen-bond donors (Lipinski definition) is 1. The first-order valence-corrected chi connectivity index (χ1v) is 15.1. The van der Waals surface area contributed by atoms with Crippen molar-refractivity contribution in [3.8, 4) is 11.5 Å². The van der Waals surface area contributed by atoms with Crippen molar-refractivity contribution in [3.63, 3.8) is 0 Å². The molecule has 10 heteroatoms. The van der Waals surface area contributed by atoms with Crippen LogP contribution in [0, 0.1) is 0 Å². The van der Waals surface area contributed by atoms with Crippen LogP contribution >= 0.6 is 0 Å². The second kappa shape index (κ2) is 12.1. The van der Waals surface area contributed by atoms with Crippen LogP contribution in [0.15, 0.2) is 91.0 Å². The fraction of sp³-hybridized carbons (Fsp3) is 0.194. The molecule has 1 N–H and O–H groups in total. The predicted octanol–water partition coefficient (Wildman–Crippen LogP) is 5.34. The Balaban J connectivity index is 0.977. The van der Waals surface area contributed by atoms with Crippen LogP contribution in [0.1, 0.15) is 70.2 Å². The average molecular weight is 616 g/mol. The van der Waals surface area contributed by atoms with E-state index in [2.05, 4.69) is 5.32 Å². The maximum Gasteiger partial charge on any atom is 0.261 e. The predicted molar refractivity (Wildman–Crippen MR) is 167 cm³/mol. The molecule has 7 rings (SSSR count). The molecule has 4 aromatic rings. The van der Waals surface area contributed by atoms with Crippen molar-refractivity contribution in [2.75, 3.05) is 25.0 Å². The van der Waals surface area contributed by atoms with E-state index in [0.29, 0.717) is 41.3 Å². The van der Waals surface area contributed by atoms with Crippen LogP contribution in [0.2, 0.25) is 0 Å². The fourth-order valence-electron chi connectivity index (χ4n) is 5.96. The van der Waals surface area contributed by atoms with Gasteiger partial charge in [0, 0.05) is 24.4 Å². The van der Waals surface area contributed by atoms with Crippen molar-refractivity contribution in [1.82, 2.24) is 9.80 Å². The maximum absolute atomic E-state index is 13.0. The minimum absolute atomic E-state index is 0.133. The number of anilines is 1. The quantitative estimate of drug-likeness (QED) is 0.252. The SMILES string of the molecule is O=C(Nc1ccc(Oc2ccc3c(c2)C(=O)N(CC2CCCO2)C3=O)cc1)c1ccc2c(c1)C(=O)N(CCc1ccccc1)C2=O. The Morgan fingerprint density at radius 2 is 1.39 bits per heavy atom. The summed E-state index contributed by atoms with van der Waals surface area (Å²) in [5, 5.41) is 2.80. The number of hydrogen-bond acceptors (Lipinski definition) is 7. The van der Waals surface area contributed by atoms with Crippen LogP contribution in [0.3, 0.4) is 0 Å². The minimum Gasteiger partial charge on any atom is -0.457 e. The lowest BCUT2D eigenvalue weighted by atomic mass is 10.1. The molecular formula is C36H29N3O7. The van der Waals surface area contributed by atoms with Crippen molar-refractivity contribution in [3.05, 3.63) is 124 Å². The zero-order chi connectivity index (χ0) is 31.8. The number of benzene rings is 4. The van der Waals surface area contributed by atoms with Gasteiger partial charge in [-0.1, -0.05) is 30.3 Å². The molecule has 1 fully saturated rings. The van der Waals surface area contributed by atoms with Crippen molar-refractivity contribution in [2.45, 2.75) is 25.4 Å². The summed E-state index contributed by atoms with van der Waals surface area (Å²) in [6.45, 7) is 1.13. The summed E-state index contributed by atoms with van der Waals surface area (Å²) < 4.78 is 11.5. The number of imide groups is 2. The number of amides is 5. The van der Waals surface area contributed by atoms with Gasteiger partial charge < -0.3 is 14.8 Å². The van der Waals surface area contributed by atoms with E-state index in [4.69, 9.17) is 9.47 Å². The Hall–Kier alpha value is -5.61. The fourth-order valence-corrected chi connectivity index (χ4v) is 5.96. The molecule has 0 aromatic heterocycles. The van der Waals surface area contributed by atoms with Crippen LogP contribution in [-0.4, -0.2) is 65.1 Å². The van der Waals surface area contributed by atoms with Crippen molar-refractivity contribution in [2.24, 2.45) is 0 Å². The third-order valence-corrected chi connectivity index (χ3v) is 8.40. The van der Waals surface area contributed by atoms with Gasteiger partial charge in [0.25, 0.3) is 29.5 Å². The Bertz CT molecular complexity index is 1880. The first-order valence-electron chi connectivity index (χ1n) is 15.1. The highest BCUT2D eigenvalue weighted by Crippen LogP contribution is 2.31. The largest absolute Gasteiger partial charge is 0.457 e. The van der Waals surface area contributed by atoms with E-state index in [1.54, 1.807) is 42.5 Å². The highest BCUT2D eigenvalue weighted by Gasteiger charge is 2.38. The number of carbonyl (C=O) groups is 5. The first-order chi connectivity index (χ1) is 22.4. The minimum atomic E-state index is -0.436. The second-order valence-corrected chi connectivity index (χ2v) is 11.4. The van der Waals surface area contributed by atoms with E-state index < -0.39 is 11.8 Å². The summed E-state index contributed by atoms with van der Waals surface area (Å²) in [6, 6.07) is 25.5. The third kappa shape index (κ3) is 5.54. The zero-order valence-corrected chi connectivity index (χ0v) is 24.7.